The van der Waals surface area contributed by atoms with E-state index in [1.165, 1.54) is 17.4 Å². The van der Waals surface area contributed by atoms with Gasteiger partial charge in [0.15, 0.2) is 0 Å². The number of para-hydroxylation sites is 1. The van der Waals surface area contributed by atoms with Crippen molar-refractivity contribution >= 4 is 27.2 Å². The van der Waals surface area contributed by atoms with Gasteiger partial charge < -0.3 is 5.11 Å². The van der Waals surface area contributed by atoms with Crippen LogP contribution in [0.1, 0.15) is 25.0 Å². The van der Waals surface area contributed by atoms with Crippen molar-refractivity contribution in [3.8, 4) is 27.4 Å². The van der Waals surface area contributed by atoms with Gasteiger partial charge >= 0.3 is 0 Å². The van der Waals surface area contributed by atoms with Gasteiger partial charge in [-0.25, -0.2) is 4.98 Å². The maximum Gasteiger partial charge on any atom is 0.269 e. The highest BCUT2D eigenvalue weighted by molar-refractivity contribution is 7.21. The molecule has 3 aromatic carbocycles. The van der Waals surface area contributed by atoms with Crippen LogP contribution in [-0.2, 0) is 5.41 Å². The van der Waals surface area contributed by atoms with Crippen molar-refractivity contribution in [1.82, 2.24) is 4.98 Å². The van der Waals surface area contributed by atoms with Gasteiger partial charge in [0.25, 0.3) is 5.69 Å². The van der Waals surface area contributed by atoms with Crippen molar-refractivity contribution in [2.24, 2.45) is 0 Å². The van der Waals surface area contributed by atoms with Crippen molar-refractivity contribution in [2.75, 3.05) is 0 Å². The second-order valence-corrected chi connectivity index (χ2v) is 8.54. The minimum Gasteiger partial charge on any atom is -0.507 e. The molecule has 0 unspecified atom stereocenters. The first-order valence-electron chi connectivity index (χ1n) is 8.89. The summed E-state index contributed by atoms with van der Waals surface area (Å²) in [6.07, 6.45) is 0. The van der Waals surface area contributed by atoms with Gasteiger partial charge in [-0.15, -0.1) is 11.3 Å². The second-order valence-electron chi connectivity index (χ2n) is 7.51. The first-order chi connectivity index (χ1) is 13.4. The predicted octanol–water partition coefficient (Wildman–Crippen LogP) is 5.88. The zero-order chi connectivity index (χ0) is 19.6. The lowest BCUT2D eigenvalue weighted by Gasteiger charge is -2.21. The molecule has 1 N–H and O–H groups in total. The first-order valence-corrected chi connectivity index (χ1v) is 9.70. The van der Waals surface area contributed by atoms with Crippen molar-refractivity contribution in [3.63, 3.8) is 0 Å². The standard InChI is InChI=1S/C22H16N2O3S/c1-22(2)16-9-12(24(26)27)7-8-13(16)14-11-19(25)15(10-17(14)22)21-23-18-5-3-4-6-20(18)28-21/h3-11,25H,1-2H3. The molecule has 1 heterocycles. The van der Waals surface area contributed by atoms with Crippen LogP contribution in [-0.4, -0.2) is 15.0 Å². The van der Waals surface area contributed by atoms with Crippen LogP contribution in [0.15, 0.2) is 54.6 Å². The van der Waals surface area contributed by atoms with Crippen LogP contribution in [0.3, 0.4) is 0 Å². The van der Waals surface area contributed by atoms with Crippen LogP contribution in [0.5, 0.6) is 5.75 Å². The molecule has 28 heavy (non-hydrogen) atoms. The number of hydrogen-bond acceptors (Lipinski definition) is 5. The van der Waals surface area contributed by atoms with Gasteiger partial charge in [0, 0.05) is 17.5 Å². The van der Waals surface area contributed by atoms with Crippen LogP contribution in [0.25, 0.3) is 31.9 Å². The maximum absolute atomic E-state index is 11.2. The normalized spacial score (nSPS) is 14.1. The summed E-state index contributed by atoms with van der Waals surface area (Å²) in [5.74, 6) is 0.166. The lowest BCUT2D eigenvalue weighted by molar-refractivity contribution is -0.384. The molecule has 5 nitrogen and oxygen atoms in total. The number of non-ortho nitro benzene ring substituents is 1. The van der Waals surface area contributed by atoms with Crippen LogP contribution in [0.2, 0.25) is 0 Å². The molecule has 0 saturated carbocycles. The number of nitro groups is 1. The summed E-state index contributed by atoms with van der Waals surface area (Å²) in [5, 5.41) is 22.7. The Morgan fingerprint density at radius 1 is 1.00 bits per heavy atom. The second kappa shape index (κ2) is 5.62. The van der Waals surface area contributed by atoms with Crippen LogP contribution < -0.4 is 0 Å². The number of benzene rings is 3. The molecule has 5 rings (SSSR count). The van der Waals surface area contributed by atoms with Crippen molar-refractivity contribution < 1.29 is 10.0 Å². The number of nitrogens with zero attached hydrogens (tertiary/aromatic N) is 2. The average Bonchev–Trinajstić information content (AvgIpc) is 3.18. The van der Waals surface area contributed by atoms with Gasteiger partial charge in [-0.3, -0.25) is 10.1 Å². The monoisotopic (exact) mass is 388 g/mol. The molecule has 1 aliphatic rings. The zero-order valence-corrected chi connectivity index (χ0v) is 16.1. The molecule has 0 amide bonds. The fraction of sp³-hybridized carbons (Fsp3) is 0.136. The minimum absolute atomic E-state index is 0.0789. The topological polar surface area (TPSA) is 76.3 Å². The molecule has 0 aliphatic heterocycles. The molecule has 0 fully saturated rings. The minimum atomic E-state index is -0.407. The lowest BCUT2D eigenvalue weighted by atomic mass is 9.82. The maximum atomic E-state index is 11.2. The van der Waals surface area contributed by atoms with E-state index in [4.69, 9.17) is 0 Å². The number of fused-ring (bicyclic) bond motifs is 4. The van der Waals surface area contributed by atoms with Crippen molar-refractivity contribution in [2.45, 2.75) is 19.3 Å². The van der Waals surface area contributed by atoms with E-state index in [0.717, 1.165) is 37.5 Å². The highest BCUT2D eigenvalue weighted by Crippen LogP contribution is 2.52. The molecule has 4 aromatic rings. The summed E-state index contributed by atoms with van der Waals surface area (Å²) in [6.45, 7) is 4.11. The molecule has 138 valence electrons. The third kappa shape index (κ3) is 2.28. The molecule has 0 saturated heterocycles. The van der Waals surface area contributed by atoms with E-state index in [1.807, 2.05) is 30.3 Å². The molecule has 0 bridgehead atoms. The Balaban J connectivity index is 1.72. The van der Waals surface area contributed by atoms with Crippen LogP contribution in [0, 0.1) is 10.1 Å². The third-order valence-corrected chi connectivity index (χ3v) is 6.58. The van der Waals surface area contributed by atoms with Gasteiger partial charge in [-0.2, -0.15) is 0 Å². The number of aromatic nitrogens is 1. The van der Waals surface area contributed by atoms with Gasteiger partial charge in [0.05, 0.1) is 20.7 Å². The Morgan fingerprint density at radius 3 is 2.50 bits per heavy atom. The summed E-state index contributed by atoms with van der Waals surface area (Å²) >= 11 is 1.54. The number of phenolic OH excluding ortho intramolecular Hbond substituents is 1. The Labute approximate surface area is 165 Å². The SMILES string of the molecule is CC1(C)c2cc([N+](=O)[O-])ccc2-c2cc(O)c(-c3nc4ccccc4s3)cc21. The van der Waals surface area contributed by atoms with E-state index in [0.29, 0.717) is 5.56 Å². The summed E-state index contributed by atoms with van der Waals surface area (Å²) in [5.41, 5.74) is 5.04. The van der Waals surface area contributed by atoms with E-state index in [1.54, 1.807) is 18.2 Å². The molecule has 6 heteroatoms. The van der Waals surface area contributed by atoms with Crippen molar-refractivity contribution in [3.05, 3.63) is 75.8 Å². The number of thiazole rings is 1. The third-order valence-electron chi connectivity index (χ3n) is 5.51. The van der Waals surface area contributed by atoms with Crippen LogP contribution >= 0.6 is 11.3 Å². The Hall–Kier alpha value is -3.25. The van der Waals surface area contributed by atoms with E-state index in [9.17, 15) is 15.2 Å². The summed E-state index contributed by atoms with van der Waals surface area (Å²) in [4.78, 5) is 15.5. The fourth-order valence-electron chi connectivity index (χ4n) is 4.03. The highest BCUT2D eigenvalue weighted by atomic mass is 32.1. The number of aromatic hydroxyl groups is 1. The smallest absolute Gasteiger partial charge is 0.269 e. The molecule has 0 spiro atoms. The van der Waals surface area contributed by atoms with Crippen LogP contribution in [0.4, 0.5) is 5.69 Å². The molecule has 1 aromatic heterocycles. The summed E-state index contributed by atoms with van der Waals surface area (Å²) in [7, 11) is 0. The highest BCUT2D eigenvalue weighted by Gasteiger charge is 2.37. The lowest BCUT2D eigenvalue weighted by Crippen LogP contribution is -2.15. The summed E-state index contributed by atoms with van der Waals surface area (Å²) in [6, 6.07) is 16.6. The average molecular weight is 388 g/mol. The first kappa shape index (κ1) is 16.9. The molecule has 0 atom stereocenters. The summed E-state index contributed by atoms with van der Waals surface area (Å²) < 4.78 is 1.07. The number of phenols is 1. The van der Waals surface area contributed by atoms with E-state index < -0.39 is 5.41 Å². The molecular formula is C22H16N2O3S. The van der Waals surface area contributed by atoms with Gasteiger partial charge in [-0.05, 0) is 52.6 Å². The largest absolute Gasteiger partial charge is 0.507 e. The predicted molar refractivity (Wildman–Crippen MR) is 111 cm³/mol. The van der Waals surface area contributed by atoms with Crippen molar-refractivity contribution in [1.29, 1.82) is 0 Å². The van der Waals surface area contributed by atoms with E-state index >= 15 is 0 Å². The quantitative estimate of drug-likeness (QED) is 0.343. The Morgan fingerprint density at radius 2 is 1.75 bits per heavy atom. The molecule has 1 aliphatic carbocycles. The Kier molecular flexibility index (Phi) is 3.39. The molecule has 0 radical (unpaired) electrons. The fourth-order valence-corrected chi connectivity index (χ4v) is 5.02. The van der Waals surface area contributed by atoms with Gasteiger partial charge in [-0.1, -0.05) is 26.0 Å². The number of rotatable bonds is 2. The molecular weight excluding hydrogens is 372 g/mol. The van der Waals surface area contributed by atoms with E-state index in [-0.39, 0.29) is 16.4 Å². The van der Waals surface area contributed by atoms with Gasteiger partial charge in [0.2, 0.25) is 0 Å². The van der Waals surface area contributed by atoms with Gasteiger partial charge in [0.1, 0.15) is 10.8 Å². The number of hydrogen-bond donors (Lipinski definition) is 1. The zero-order valence-electron chi connectivity index (χ0n) is 15.3. The Bertz CT molecular complexity index is 1260. The number of nitro benzene ring substituents is 1. The van der Waals surface area contributed by atoms with E-state index in [2.05, 4.69) is 18.8 Å².